The summed E-state index contributed by atoms with van der Waals surface area (Å²) in [6, 6.07) is 6.37. The van der Waals surface area contributed by atoms with E-state index in [1.54, 1.807) is 6.07 Å². The Morgan fingerprint density at radius 2 is 1.88 bits per heavy atom. The molecular formula is C26H23F5N4O5S. The van der Waals surface area contributed by atoms with Crippen LogP contribution in [0.2, 0.25) is 0 Å². The van der Waals surface area contributed by atoms with Crippen LogP contribution < -0.4 is 15.4 Å². The summed E-state index contributed by atoms with van der Waals surface area (Å²) < 4.78 is 96.2. The van der Waals surface area contributed by atoms with Gasteiger partial charge in [-0.2, -0.15) is 18.3 Å². The molecule has 2 heterocycles. The molecule has 15 heteroatoms. The van der Waals surface area contributed by atoms with Crippen molar-refractivity contribution >= 4 is 27.3 Å². The maximum Gasteiger partial charge on any atom is 0.422 e. The normalized spacial score (nSPS) is 18.2. The van der Waals surface area contributed by atoms with Crippen molar-refractivity contribution in [3.63, 3.8) is 0 Å². The molecule has 218 valence electrons. The highest BCUT2D eigenvalue weighted by Gasteiger charge is 2.46. The van der Waals surface area contributed by atoms with Gasteiger partial charge in [0.05, 0.1) is 12.1 Å². The highest BCUT2D eigenvalue weighted by atomic mass is 32.2. The second-order valence-electron chi connectivity index (χ2n) is 10.2. The Morgan fingerprint density at radius 3 is 2.51 bits per heavy atom. The predicted molar refractivity (Wildman–Crippen MR) is 136 cm³/mol. The number of amides is 2. The number of alkyl halides is 3. The third-order valence-electron chi connectivity index (χ3n) is 6.97. The average molecular weight is 599 g/mol. The minimum atomic E-state index is -4.51. The lowest BCUT2D eigenvalue weighted by molar-refractivity contribution is -0.153. The van der Waals surface area contributed by atoms with E-state index >= 15 is 0 Å². The molecule has 2 aromatic carbocycles. The fraction of sp³-hybridized carbons (Fsp3) is 0.346. The topological polar surface area (TPSA) is 119 Å². The lowest BCUT2D eigenvalue weighted by Crippen LogP contribution is -2.52. The number of nitrogens with one attached hydrogen (secondary N) is 2. The van der Waals surface area contributed by atoms with Crippen LogP contribution in [-0.4, -0.2) is 54.8 Å². The maximum absolute atomic E-state index is 14.5. The smallest absolute Gasteiger partial charge is 0.422 e. The molecule has 41 heavy (non-hydrogen) atoms. The van der Waals surface area contributed by atoms with E-state index < -0.39 is 57.4 Å². The minimum Gasteiger partial charge on any atom is -0.484 e. The largest absolute Gasteiger partial charge is 0.484 e. The van der Waals surface area contributed by atoms with Crippen LogP contribution in [0.25, 0.3) is 11.3 Å². The van der Waals surface area contributed by atoms with Gasteiger partial charge in [-0.05, 0) is 55.2 Å². The highest BCUT2D eigenvalue weighted by molar-refractivity contribution is 7.91. The monoisotopic (exact) mass is 598 g/mol. The van der Waals surface area contributed by atoms with Crippen molar-refractivity contribution in [1.29, 1.82) is 0 Å². The van der Waals surface area contributed by atoms with Crippen molar-refractivity contribution < 1.29 is 44.7 Å². The quantitative estimate of drug-likeness (QED) is 0.419. The van der Waals surface area contributed by atoms with Crippen LogP contribution in [0.3, 0.4) is 0 Å². The molecule has 0 unspecified atom stereocenters. The number of sulfone groups is 1. The predicted octanol–water partition coefficient (Wildman–Crippen LogP) is 3.65. The SMILES string of the molecule is Cc1c(F)cc(-c2nn3c(c2NC(=O)CS(C)(=O)=O)C(=O)N[C@]2(CCc4cc(OCC(F)(F)F)ccc42)C3)cc1F. The molecule has 1 atom stereocenters. The van der Waals surface area contributed by atoms with Crippen molar-refractivity contribution in [3.8, 4) is 17.0 Å². The summed E-state index contributed by atoms with van der Waals surface area (Å²) in [5.74, 6) is -4.37. The summed E-state index contributed by atoms with van der Waals surface area (Å²) in [7, 11) is -3.76. The van der Waals surface area contributed by atoms with Crippen LogP contribution in [0, 0.1) is 18.6 Å². The number of hydrogen-bond acceptors (Lipinski definition) is 6. The number of benzene rings is 2. The Morgan fingerprint density at radius 1 is 1.20 bits per heavy atom. The molecule has 5 rings (SSSR count). The minimum absolute atomic E-state index is 0.00952. The number of carbonyl (C=O) groups is 2. The lowest BCUT2D eigenvalue weighted by atomic mass is 9.89. The van der Waals surface area contributed by atoms with Gasteiger partial charge in [0, 0.05) is 17.4 Å². The van der Waals surface area contributed by atoms with Crippen molar-refractivity contribution in [2.75, 3.05) is 23.9 Å². The lowest BCUT2D eigenvalue weighted by Gasteiger charge is -2.36. The molecule has 0 saturated carbocycles. The Labute approximate surface area is 230 Å². The van der Waals surface area contributed by atoms with E-state index in [0.29, 0.717) is 24.0 Å². The zero-order valence-corrected chi connectivity index (χ0v) is 22.5. The summed E-state index contributed by atoms with van der Waals surface area (Å²) in [5.41, 5.74) is -0.617. The summed E-state index contributed by atoms with van der Waals surface area (Å²) in [6.45, 7) is -0.216. The first kappa shape index (κ1) is 28.5. The van der Waals surface area contributed by atoms with Crippen molar-refractivity contribution in [3.05, 3.63) is 64.4 Å². The van der Waals surface area contributed by atoms with Gasteiger partial charge in [0.25, 0.3) is 5.91 Å². The molecule has 9 nitrogen and oxygen atoms in total. The Balaban J connectivity index is 1.56. The van der Waals surface area contributed by atoms with Gasteiger partial charge in [0.1, 0.15) is 34.5 Å². The maximum atomic E-state index is 14.5. The molecule has 2 N–H and O–H groups in total. The number of ether oxygens (including phenoxy) is 1. The van der Waals surface area contributed by atoms with E-state index in [1.165, 1.54) is 23.7 Å². The number of halogens is 5. The van der Waals surface area contributed by atoms with Gasteiger partial charge in [-0.3, -0.25) is 14.3 Å². The van der Waals surface area contributed by atoms with Crippen LogP contribution in [0.1, 0.15) is 33.6 Å². The van der Waals surface area contributed by atoms with Gasteiger partial charge in [-0.15, -0.1) is 0 Å². The zero-order valence-electron chi connectivity index (χ0n) is 21.7. The Bertz CT molecular complexity index is 1680. The first-order valence-electron chi connectivity index (χ1n) is 12.3. The molecule has 0 radical (unpaired) electrons. The van der Waals surface area contributed by atoms with Crippen molar-refractivity contribution in [2.24, 2.45) is 0 Å². The number of rotatable bonds is 6. The summed E-state index contributed by atoms with van der Waals surface area (Å²) in [4.78, 5) is 26.1. The molecule has 1 aromatic heterocycles. The molecular weight excluding hydrogens is 575 g/mol. The van der Waals surface area contributed by atoms with Crippen LogP contribution in [0.5, 0.6) is 5.75 Å². The Hall–Kier alpha value is -4.01. The van der Waals surface area contributed by atoms with E-state index in [1.807, 2.05) is 0 Å². The van der Waals surface area contributed by atoms with E-state index in [-0.39, 0.29) is 40.5 Å². The highest BCUT2D eigenvalue weighted by Crippen LogP contribution is 2.44. The van der Waals surface area contributed by atoms with Crippen LogP contribution in [0.15, 0.2) is 30.3 Å². The van der Waals surface area contributed by atoms with E-state index in [2.05, 4.69) is 15.7 Å². The molecule has 0 bridgehead atoms. The second-order valence-corrected chi connectivity index (χ2v) is 12.3. The number of aryl methyl sites for hydroxylation is 1. The summed E-state index contributed by atoms with van der Waals surface area (Å²) in [6.07, 6.45) is -2.91. The van der Waals surface area contributed by atoms with E-state index in [4.69, 9.17) is 4.74 Å². The van der Waals surface area contributed by atoms with Crippen LogP contribution >= 0.6 is 0 Å². The molecule has 1 spiro atoms. The molecule has 1 aliphatic heterocycles. The number of aromatic nitrogens is 2. The molecule has 0 saturated heterocycles. The third kappa shape index (κ3) is 5.62. The fourth-order valence-electron chi connectivity index (χ4n) is 5.17. The summed E-state index contributed by atoms with van der Waals surface area (Å²) in [5, 5.41) is 9.68. The van der Waals surface area contributed by atoms with Crippen molar-refractivity contribution in [1.82, 2.24) is 15.1 Å². The zero-order chi connectivity index (χ0) is 29.9. The number of fused-ring (bicyclic) bond motifs is 3. The van der Waals surface area contributed by atoms with Crippen molar-refractivity contribution in [2.45, 2.75) is 38.0 Å². The molecule has 2 aliphatic rings. The first-order valence-corrected chi connectivity index (χ1v) is 14.3. The van der Waals surface area contributed by atoms with Gasteiger partial charge < -0.3 is 15.4 Å². The number of carbonyl (C=O) groups excluding carboxylic acids is 2. The average Bonchev–Trinajstić information content (AvgIpc) is 3.37. The van der Waals surface area contributed by atoms with E-state index in [9.17, 15) is 40.0 Å². The van der Waals surface area contributed by atoms with Crippen LogP contribution in [-0.2, 0) is 33.1 Å². The molecule has 3 aromatic rings. The van der Waals surface area contributed by atoms with Gasteiger partial charge in [0.2, 0.25) is 5.91 Å². The Kier molecular flexibility index (Phi) is 6.83. The number of anilines is 1. The van der Waals surface area contributed by atoms with Gasteiger partial charge in [0.15, 0.2) is 22.1 Å². The van der Waals surface area contributed by atoms with E-state index in [0.717, 1.165) is 18.4 Å². The third-order valence-corrected chi connectivity index (χ3v) is 7.75. The molecule has 2 amide bonds. The first-order chi connectivity index (χ1) is 19.1. The molecule has 1 aliphatic carbocycles. The number of nitrogens with zero attached hydrogens (tertiary/aromatic N) is 2. The summed E-state index contributed by atoms with van der Waals surface area (Å²) >= 11 is 0. The molecule has 0 fully saturated rings. The number of hydrogen-bond donors (Lipinski definition) is 2. The van der Waals surface area contributed by atoms with Gasteiger partial charge in [-0.1, -0.05) is 6.07 Å². The van der Waals surface area contributed by atoms with Gasteiger partial charge in [-0.25, -0.2) is 17.2 Å². The second kappa shape index (κ2) is 9.82. The van der Waals surface area contributed by atoms with Gasteiger partial charge >= 0.3 is 6.18 Å². The standard InChI is InChI=1S/C26H23F5N4O5S/c1-13-18(27)8-15(9-19(13)28)21-22(32-20(36)10-41(2,38)39)23-24(37)33-25(11-35(23)34-21)6-5-14-7-16(3-4-17(14)25)40-12-26(29,30)31/h3-4,7-9H,5-6,10-12H2,1-2H3,(H,32,36)(H,33,37)/t25-/m1/s1. The fourth-order valence-corrected chi connectivity index (χ4v) is 5.72. The van der Waals surface area contributed by atoms with Crippen LogP contribution in [0.4, 0.5) is 27.6 Å².